The zero-order chi connectivity index (χ0) is 8.27. The van der Waals surface area contributed by atoms with Crippen LogP contribution >= 0.6 is 0 Å². The maximum absolute atomic E-state index is 9.99. The third-order valence-corrected chi connectivity index (χ3v) is 1.29. The smallest absolute Gasteiger partial charge is 0.257 e. The highest BCUT2D eigenvalue weighted by Gasteiger charge is 1.92. The van der Waals surface area contributed by atoms with Crippen LogP contribution in [0.3, 0.4) is 0 Å². The van der Waals surface area contributed by atoms with Crippen molar-refractivity contribution in [2.45, 2.75) is 6.92 Å². The SMILES string of the molecule is Cc1ccccc1OC(=O)[O-]. The van der Waals surface area contributed by atoms with E-state index in [1.54, 1.807) is 31.2 Å². The van der Waals surface area contributed by atoms with E-state index in [2.05, 4.69) is 4.74 Å². The predicted molar refractivity (Wildman–Crippen MR) is 37.2 cm³/mol. The summed E-state index contributed by atoms with van der Waals surface area (Å²) in [6, 6.07) is 6.84. The molecule has 0 aliphatic rings. The number of para-hydroxylation sites is 1. The minimum absolute atomic E-state index is 0.326. The molecule has 0 radical (unpaired) electrons. The minimum Gasteiger partial charge on any atom is -0.514 e. The van der Waals surface area contributed by atoms with Crippen molar-refractivity contribution in [1.29, 1.82) is 0 Å². The first kappa shape index (κ1) is 7.60. The monoisotopic (exact) mass is 151 g/mol. The van der Waals surface area contributed by atoms with E-state index in [1.807, 2.05) is 0 Å². The number of benzene rings is 1. The van der Waals surface area contributed by atoms with Gasteiger partial charge >= 0.3 is 0 Å². The van der Waals surface area contributed by atoms with Crippen LogP contribution in [0.15, 0.2) is 24.3 Å². The topological polar surface area (TPSA) is 49.4 Å². The number of ether oxygens (including phenoxy) is 1. The molecule has 0 aliphatic heterocycles. The van der Waals surface area contributed by atoms with Crippen LogP contribution in [0.25, 0.3) is 0 Å². The molecule has 0 heterocycles. The van der Waals surface area contributed by atoms with Gasteiger partial charge < -0.3 is 14.6 Å². The average Bonchev–Trinajstić information content (AvgIpc) is 1.93. The number of carbonyl (C=O) groups is 1. The number of rotatable bonds is 1. The first-order valence-corrected chi connectivity index (χ1v) is 3.14. The van der Waals surface area contributed by atoms with Crippen molar-refractivity contribution in [3.05, 3.63) is 29.8 Å². The van der Waals surface area contributed by atoms with Gasteiger partial charge in [0.15, 0.2) is 0 Å². The Kier molecular flexibility index (Phi) is 2.11. The summed E-state index contributed by atoms with van der Waals surface area (Å²) >= 11 is 0. The lowest BCUT2D eigenvalue weighted by Gasteiger charge is -2.09. The molecule has 0 fully saturated rings. The van der Waals surface area contributed by atoms with Crippen LogP contribution in [0.1, 0.15) is 5.56 Å². The summed E-state index contributed by atoms with van der Waals surface area (Å²) in [6.07, 6.45) is -1.53. The van der Waals surface area contributed by atoms with Crippen LogP contribution in [0, 0.1) is 6.92 Å². The van der Waals surface area contributed by atoms with Crippen LogP contribution < -0.4 is 9.84 Å². The van der Waals surface area contributed by atoms with Gasteiger partial charge in [0, 0.05) is 0 Å². The first-order valence-electron chi connectivity index (χ1n) is 3.14. The van der Waals surface area contributed by atoms with Crippen molar-refractivity contribution in [2.24, 2.45) is 0 Å². The fraction of sp³-hybridized carbons (Fsp3) is 0.125. The fourth-order valence-electron chi connectivity index (χ4n) is 0.761. The van der Waals surface area contributed by atoms with E-state index in [9.17, 15) is 9.90 Å². The quantitative estimate of drug-likeness (QED) is 0.439. The normalized spacial score (nSPS) is 9.18. The second-order valence-electron chi connectivity index (χ2n) is 2.12. The maximum Gasteiger partial charge on any atom is 0.257 e. The van der Waals surface area contributed by atoms with Gasteiger partial charge in [-0.25, -0.2) is 0 Å². The predicted octanol–water partition coefficient (Wildman–Crippen LogP) is 0.717. The van der Waals surface area contributed by atoms with Crippen molar-refractivity contribution in [2.75, 3.05) is 0 Å². The molecular formula is C8H7O3-. The molecule has 0 saturated carbocycles. The average molecular weight is 151 g/mol. The van der Waals surface area contributed by atoms with Gasteiger partial charge in [0.1, 0.15) is 0 Å². The third-order valence-electron chi connectivity index (χ3n) is 1.29. The van der Waals surface area contributed by atoms with E-state index < -0.39 is 6.16 Å². The summed E-state index contributed by atoms with van der Waals surface area (Å²) in [5.41, 5.74) is 0.775. The van der Waals surface area contributed by atoms with E-state index in [0.29, 0.717) is 5.75 Å². The summed E-state index contributed by atoms with van der Waals surface area (Å²) in [6.45, 7) is 1.76. The Morgan fingerprint density at radius 3 is 2.64 bits per heavy atom. The van der Waals surface area contributed by atoms with E-state index in [0.717, 1.165) is 5.56 Å². The fourth-order valence-corrected chi connectivity index (χ4v) is 0.761. The Morgan fingerprint density at radius 2 is 2.09 bits per heavy atom. The Balaban J connectivity index is 2.86. The van der Waals surface area contributed by atoms with Gasteiger partial charge in [-0.1, -0.05) is 18.2 Å². The number of aryl methyl sites for hydroxylation is 1. The molecule has 0 spiro atoms. The van der Waals surface area contributed by atoms with Crippen LogP contribution in [0.5, 0.6) is 5.75 Å². The van der Waals surface area contributed by atoms with Crippen LogP contribution in [-0.4, -0.2) is 6.16 Å². The molecule has 58 valence electrons. The second kappa shape index (κ2) is 3.05. The van der Waals surface area contributed by atoms with Crippen molar-refractivity contribution in [3.63, 3.8) is 0 Å². The molecule has 1 rings (SSSR count). The summed E-state index contributed by atoms with van der Waals surface area (Å²) in [5, 5.41) is 9.99. The molecule has 11 heavy (non-hydrogen) atoms. The molecule has 0 aromatic heterocycles. The molecule has 0 aliphatic carbocycles. The van der Waals surface area contributed by atoms with Gasteiger partial charge in [-0.05, 0) is 18.6 Å². The zero-order valence-corrected chi connectivity index (χ0v) is 6.03. The lowest BCUT2D eigenvalue weighted by atomic mass is 10.2. The molecule has 0 unspecified atom stereocenters. The van der Waals surface area contributed by atoms with Gasteiger partial charge in [-0.3, -0.25) is 0 Å². The van der Waals surface area contributed by atoms with Gasteiger partial charge in [0.05, 0.1) is 5.75 Å². The Bertz CT molecular complexity index is 268. The molecule has 3 heteroatoms. The highest BCUT2D eigenvalue weighted by Crippen LogP contribution is 2.15. The molecular weight excluding hydrogens is 144 g/mol. The number of hydrogen-bond acceptors (Lipinski definition) is 3. The molecule has 0 amide bonds. The van der Waals surface area contributed by atoms with E-state index in [1.165, 1.54) is 0 Å². The van der Waals surface area contributed by atoms with Crippen molar-refractivity contribution in [1.82, 2.24) is 0 Å². The zero-order valence-electron chi connectivity index (χ0n) is 6.03. The van der Waals surface area contributed by atoms with Crippen LogP contribution in [-0.2, 0) is 0 Å². The molecule has 0 N–H and O–H groups in total. The lowest BCUT2D eigenvalue weighted by Crippen LogP contribution is -2.26. The second-order valence-corrected chi connectivity index (χ2v) is 2.12. The van der Waals surface area contributed by atoms with E-state index in [4.69, 9.17) is 0 Å². The summed E-state index contributed by atoms with van der Waals surface area (Å²) in [4.78, 5) is 9.99. The summed E-state index contributed by atoms with van der Waals surface area (Å²) in [7, 11) is 0. The Labute approximate surface area is 64.2 Å². The molecule has 3 nitrogen and oxygen atoms in total. The number of hydrogen-bond donors (Lipinski definition) is 0. The maximum atomic E-state index is 9.99. The van der Waals surface area contributed by atoms with E-state index in [-0.39, 0.29) is 0 Å². The number of carboxylic acid groups (broad SMARTS) is 1. The molecule has 0 atom stereocenters. The molecule has 0 saturated heterocycles. The van der Waals surface area contributed by atoms with Gasteiger partial charge in [-0.15, -0.1) is 0 Å². The first-order chi connectivity index (χ1) is 5.20. The standard InChI is InChI=1S/C8H8O3/c1-6-4-2-3-5-7(6)11-8(9)10/h2-5H,1H3,(H,9,10)/p-1. The Morgan fingerprint density at radius 1 is 1.45 bits per heavy atom. The van der Waals surface area contributed by atoms with Crippen molar-refractivity contribution >= 4 is 6.16 Å². The molecule has 1 aromatic carbocycles. The van der Waals surface area contributed by atoms with Crippen LogP contribution in [0.2, 0.25) is 0 Å². The van der Waals surface area contributed by atoms with E-state index >= 15 is 0 Å². The lowest BCUT2D eigenvalue weighted by molar-refractivity contribution is -0.271. The molecule has 1 aromatic rings. The summed E-state index contributed by atoms with van der Waals surface area (Å²) < 4.78 is 4.35. The summed E-state index contributed by atoms with van der Waals surface area (Å²) in [5.74, 6) is 0.326. The van der Waals surface area contributed by atoms with Gasteiger partial charge in [-0.2, -0.15) is 0 Å². The van der Waals surface area contributed by atoms with Crippen molar-refractivity contribution < 1.29 is 14.6 Å². The minimum atomic E-state index is -1.53. The van der Waals surface area contributed by atoms with Gasteiger partial charge in [0.25, 0.3) is 6.16 Å². The third kappa shape index (κ3) is 1.97. The highest BCUT2D eigenvalue weighted by molar-refractivity contribution is 5.59. The van der Waals surface area contributed by atoms with Crippen LogP contribution in [0.4, 0.5) is 4.79 Å². The highest BCUT2D eigenvalue weighted by atomic mass is 16.7. The molecule has 0 bridgehead atoms. The largest absolute Gasteiger partial charge is 0.514 e. The Hall–Kier alpha value is -1.51. The van der Waals surface area contributed by atoms with Gasteiger partial charge in [0.2, 0.25) is 0 Å². The number of carbonyl (C=O) groups excluding carboxylic acids is 1. The van der Waals surface area contributed by atoms with Crippen molar-refractivity contribution in [3.8, 4) is 5.75 Å².